The number of hydrogen-bond acceptors (Lipinski definition) is 3. The van der Waals surface area contributed by atoms with Gasteiger partial charge in [0.2, 0.25) is 0 Å². The number of para-hydroxylation sites is 1. The summed E-state index contributed by atoms with van der Waals surface area (Å²) in [5.41, 5.74) is 13.2. The molecule has 11 aromatic rings. The summed E-state index contributed by atoms with van der Waals surface area (Å²) in [6, 6.07) is 71.5. The van der Waals surface area contributed by atoms with Crippen molar-refractivity contribution in [3.63, 3.8) is 0 Å². The van der Waals surface area contributed by atoms with Crippen LogP contribution in [0.1, 0.15) is 0 Å². The number of rotatable bonds is 6. The molecule has 3 aromatic heterocycles. The van der Waals surface area contributed by atoms with Crippen LogP contribution in [0, 0.1) is 0 Å². The van der Waals surface area contributed by atoms with Gasteiger partial charge in [-0.2, -0.15) is 0 Å². The van der Waals surface area contributed by atoms with Gasteiger partial charge in [-0.25, -0.2) is 9.97 Å². The minimum atomic E-state index is 0.708. The van der Waals surface area contributed by atoms with E-state index in [0.717, 1.165) is 39.3 Å². The Labute approximate surface area is 328 Å². The lowest BCUT2D eigenvalue weighted by atomic mass is 9.99. The zero-order valence-corrected chi connectivity index (χ0v) is 31.1. The van der Waals surface area contributed by atoms with Gasteiger partial charge in [0.1, 0.15) is 0 Å². The molecule has 3 nitrogen and oxygen atoms in total. The van der Waals surface area contributed by atoms with E-state index in [0.29, 0.717) is 5.82 Å². The molecule has 0 N–H and O–H groups in total. The Kier molecular flexibility index (Phi) is 7.68. The van der Waals surface area contributed by atoms with E-state index in [-0.39, 0.29) is 0 Å². The predicted molar refractivity (Wildman–Crippen MR) is 236 cm³/mol. The molecule has 56 heavy (non-hydrogen) atoms. The van der Waals surface area contributed by atoms with Gasteiger partial charge in [0, 0.05) is 58.9 Å². The molecule has 0 atom stereocenters. The third kappa shape index (κ3) is 5.50. The van der Waals surface area contributed by atoms with Crippen molar-refractivity contribution in [3.05, 3.63) is 200 Å². The van der Waals surface area contributed by atoms with Crippen LogP contribution < -0.4 is 0 Å². The first kappa shape index (κ1) is 32.3. The topological polar surface area (TPSA) is 30.7 Å². The smallest absolute Gasteiger partial charge is 0.160 e. The average molecular weight is 732 g/mol. The summed E-state index contributed by atoms with van der Waals surface area (Å²) in [6.07, 6.45) is 0. The minimum absolute atomic E-state index is 0.708. The van der Waals surface area contributed by atoms with Gasteiger partial charge in [-0.15, -0.1) is 11.3 Å². The first-order chi connectivity index (χ1) is 27.7. The first-order valence-corrected chi connectivity index (χ1v) is 19.7. The molecular weight excluding hydrogens is 699 g/mol. The highest BCUT2D eigenvalue weighted by atomic mass is 32.1. The molecule has 3 heterocycles. The SMILES string of the molecule is c1ccc(-c2ccc3sc4c(-c5ccccc5)cc(-n5c6ccccc6c6ccc(-c7cc(-c8ccccc8)nc(-c8ccccc8)n7)cc65)cc4c3c2)cc1. The molecule has 0 saturated heterocycles. The highest BCUT2D eigenvalue weighted by Gasteiger charge is 2.19. The average Bonchev–Trinajstić information content (AvgIpc) is 3.82. The van der Waals surface area contributed by atoms with E-state index in [4.69, 9.17) is 9.97 Å². The first-order valence-electron chi connectivity index (χ1n) is 18.9. The van der Waals surface area contributed by atoms with Gasteiger partial charge in [0.05, 0.1) is 22.4 Å². The molecule has 0 spiro atoms. The van der Waals surface area contributed by atoms with Crippen LogP contribution in [0.25, 0.3) is 104 Å². The Hall–Kier alpha value is -7.14. The standard InChI is InChI=1S/C52H33N3S/c1-5-15-34(16-6-1)38-26-28-50-44(29-38)45-32-40(31-43(51(45)56-50)35-17-7-2-8-18-35)55-48-24-14-13-23-41(48)42-27-25-39(30-49(42)55)47-33-46(36-19-9-3-10-20-36)53-52(54-47)37-21-11-4-12-22-37/h1-33H. The van der Waals surface area contributed by atoms with Crippen molar-refractivity contribution in [2.75, 3.05) is 0 Å². The fourth-order valence-electron chi connectivity index (χ4n) is 8.11. The van der Waals surface area contributed by atoms with Crippen LogP contribution in [0.5, 0.6) is 0 Å². The Morgan fingerprint density at radius 1 is 0.357 bits per heavy atom. The molecule has 11 rings (SSSR count). The normalized spacial score (nSPS) is 11.6. The van der Waals surface area contributed by atoms with Crippen molar-refractivity contribution in [2.24, 2.45) is 0 Å². The number of hydrogen-bond donors (Lipinski definition) is 0. The van der Waals surface area contributed by atoms with E-state index in [1.807, 2.05) is 35.6 Å². The maximum absolute atomic E-state index is 5.20. The molecule has 0 amide bonds. The summed E-state index contributed by atoms with van der Waals surface area (Å²) >= 11 is 1.88. The molecule has 0 bridgehead atoms. The molecule has 0 unspecified atom stereocenters. The lowest BCUT2D eigenvalue weighted by molar-refractivity contribution is 1.17. The molecule has 0 fully saturated rings. The van der Waals surface area contributed by atoms with Gasteiger partial charge < -0.3 is 4.57 Å². The Morgan fingerprint density at radius 2 is 0.946 bits per heavy atom. The largest absolute Gasteiger partial charge is 0.309 e. The maximum atomic E-state index is 5.20. The number of thiophene rings is 1. The molecule has 0 aliphatic heterocycles. The fraction of sp³-hybridized carbons (Fsp3) is 0. The van der Waals surface area contributed by atoms with Crippen molar-refractivity contribution in [3.8, 4) is 61.8 Å². The van der Waals surface area contributed by atoms with Crippen LogP contribution in [-0.2, 0) is 0 Å². The summed E-state index contributed by atoms with van der Waals surface area (Å²) in [5, 5.41) is 4.95. The predicted octanol–water partition coefficient (Wildman–Crippen LogP) is 14.3. The van der Waals surface area contributed by atoms with Crippen LogP contribution in [0.3, 0.4) is 0 Å². The number of fused-ring (bicyclic) bond motifs is 6. The second-order valence-electron chi connectivity index (χ2n) is 14.2. The molecule has 4 heteroatoms. The highest BCUT2D eigenvalue weighted by molar-refractivity contribution is 7.26. The van der Waals surface area contributed by atoms with Gasteiger partial charge in [-0.3, -0.25) is 0 Å². The highest BCUT2D eigenvalue weighted by Crippen LogP contribution is 2.44. The summed E-state index contributed by atoms with van der Waals surface area (Å²) in [7, 11) is 0. The van der Waals surface area contributed by atoms with E-state index in [2.05, 4.69) is 180 Å². The van der Waals surface area contributed by atoms with Crippen molar-refractivity contribution >= 4 is 53.3 Å². The lowest BCUT2D eigenvalue weighted by Gasteiger charge is -2.13. The van der Waals surface area contributed by atoms with Crippen LogP contribution in [0.15, 0.2) is 200 Å². The third-order valence-electron chi connectivity index (χ3n) is 10.8. The van der Waals surface area contributed by atoms with Crippen molar-refractivity contribution < 1.29 is 0 Å². The Bertz CT molecular complexity index is 3160. The zero-order valence-electron chi connectivity index (χ0n) is 30.3. The van der Waals surface area contributed by atoms with E-state index in [1.165, 1.54) is 58.7 Å². The zero-order chi connectivity index (χ0) is 37.0. The summed E-state index contributed by atoms with van der Waals surface area (Å²) in [5.74, 6) is 0.708. The summed E-state index contributed by atoms with van der Waals surface area (Å²) < 4.78 is 5.03. The molecule has 262 valence electrons. The Balaban J connectivity index is 1.17. The van der Waals surface area contributed by atoms with E-state index >= 15 is 0 Å². The van der Waals surface area contributed by atoms with Crippen molar-refractivity contribution in [1.29, 1.82) is 0 Å². The second-order valence-corrected chi connectivity index (χ2v) is 15.2. The number of benzene rings is 8. The number of nitrogens with zero attached hydrogens (tertiary/aromatic N) is 3. The minimum Gasteiger partial charge on any atom is -0.309 e. The lowest BCUT2D eigenvalue weighted by Crippen LogP contribution is -1.97. The van der Waals surface area contributed by atoms with E-state index < -0.39 is 0 Å². The third-order valence-corrected chi connectivity index (χ3v) is 12.0. The summed E-state index contributed by atoms with van der Waals surface area (Å²) in [6.45, 7) is 0. The van der Waals surface area contributed by atoms with E-state index in [1.54, 1.807) is 0 Å². The molecule has 0 aliphatic rings. The monoisotopic (exact) mass is 731 g/mol. The molecule has 0 aliphatic carbocycles. The number of aromatic nitrogens is 3. The van der Waals surface area contributed by atoms with Crippen LogP contribution in [-0.4, -0.2) is 14.5 Å². The van der Waals surface area contributed by atoms with Gasteiger partial charge >= 0.3 is 0 Å². The summed E-state index contributed by atoms with van der Waals surface area (Å²) in [4.78, 5) is 10.3. The van der Waals surface area contributed by atoms with Crippen molar-refractivity contribution in [2.45, 2.75) is 0 Å². The Morgan fingerprint density at radius 3 is 1.68 bits per heavy atom. The van der Waals surface area contributed by atoms with Crippen molar-refractivity contribution in [1.82, 2.24) is 14.5 Å². The van der Waals surface area contributed by atoms with Gasteiger partial charge in [0.15, 0.2) is 5.82 Å². The van der Waals surface area contributed by atoms with Gasteiger partial charge in [-0.05, 0) is 59.2 Å². The van der Waals surface area contributed by atoms with Crippen LogP contribution in [0.4, 0.5) is 0 Å². The fourth-order valence-corrected chi connectivity index (χ4v) is 9.31. The molecule has 0 radical (unpaired) electrons. The maximum Gasteiger partial charge on any atom is 0.160 e. The van der Waals surface area contributed by atoms with E-state index in [9.17, 15) is 0 Å². The molecular formula is C52H33N3S. The van der Waals surface area contributed by atoms with Gasteiger partial charge in [0.25, 0.3) is 0 Å². The second kappa shape index (κ2) is 13.3. The molecule has 0 saturated carbocycles. The quantitative estimate of drug-likeness (QED) is 0.170. The van der Waals surface area contributed by atoms with Crippen LogP contribution in [0.2, 0.25) is 0 Å². The van der Waals surface area contributed by atoms with Gasteiger partial charge in [-0.1, -0.05) is 158 Å². The van der Waals surface area contributed by atoms with Crippen LogP contribution >= 0.6 is 11.3 Å². The molecule has 8 aromatic carbocycles.